The van der Waals surface area contributed by atoms with E-state index >= 15 is 0 Å². The summed E-state index contributed by atoms with van der Waals surface area (Å²) in [4.78, 5) is 0. The molecule has 21 heavy (non-hydrogen) atoms. The van der Waals surface area contributed by atoms with Gasteiger partial charge in [0.25, 0.3) is 0 Å². The molecule has 0 spiro atoms. The largest absolute Gasteiger partial charge is 0.573 e. The number of aliphatic hydroxyl groups is 1. The molecular formula is C16H13F3O2. The molecule has 3 rings (SSSR count). The highest BCUT2D eigenvalue weighted by Crippen LogP contribution is 2.45. The Morgan fingerprint density at radius 1 is 0.952 bits per heavy atom. The predicted octanol–water partition coefficient (Wildman–Crippen LogP) is 3.77. The van der Waals surface area contributed by atoms with Crippen LogP contribution in [-0.4, -0.2) is 11.5 Å². The molecule has 0 heterocycles. The third-order valence-electron chi connectivity index (χ3n) is 3.78. The van der Waals surface area contributed by atoms with E-state index in [0.717, 1.165) is 5.56 Å². The molecule has 110 valence electrons. The van der Waals surface area contributed by atoms with E-state index in [4.69, 9.17) is 0 Å². The van der Waals surface area contributed by atoms with Gasteiger partial charge in [-0.3, -0.25) is 0 Å². The summed E-state index contributed by atoms with van der Waals surface area (Å²) in [5.74, 6) is -0.357. The number of benzene rings is 2. The van der Waals surface area contributed by atoms with Gasteiger partial charge >= 0.3 is 6.36 Å². The van der Waals surface area contributed by atoms with Crippen LogP contribution in [0, 0.1) is 0 Å². The Morgan fingerprint density at radius 2 is 1.57 bits per heavy atom. The molecule has 0 fully saturated rings. The van der Waals surface area contributed by atoms with Crippen molar-refractivity contribution in [3.8, 4) is 5.75 Å². The standard InChI is InChI=1S/C16H13F3O2/c17-16(18,19)21-14-8-4-3-7-13(14)15(20)10-9-11-5-1-2-6-12(11)15/h1-8,20H,9-10H2. The van der Waals surface area contributed by atoms with Gasteiger partial charge in [-0.2, -0.15) is 0 Å². The van der Waals surface area contributed by atoms with E-state index < -0.39 is 12.0 Å². The molecule has 0 saturated heterocycles. The number of ether oxygens (including phenoxy) is 1. The van der Waals surface area contributed by atoms with Crippen LogP contribution in [0.3, 0.4) is 0 Å². The van der Waals surface area contributed by atoms with Crippen LogP contribution in [0.2, 0.25) is 0 Å². The normalized spacial score (nSPS) is 21.1. The number of fused-ring (bicyclic) bond motifs is 1. The van der Waals surface area contributed by atoms with Crippen molar-refractivity contribution < 1.29 is 23.0 Å². The molecule has 2 aromatic rings. The van der Waals surface area contributed by atoms with Crippen molar-refractivity contribution >= 4 is 0 Å². The molecule has 1 unspecified atom stereocenters. The van der Waals surface area contributed by atoms with Gasteiger partial charge < -0.3 is 9.84 Å². The van der Waals surface area contributed by atoms with Gasteiger partial charge in [0.2, 0.25) is 0 Å². The van der Waals surface area contributed by atoms with E-state index in [2.05, 4.69) is 4.74 Å². The number of halogens is 3. The van der Waals surface area contributed by atoms with E-state index in [1.807, 2.05) is 12.1 Å². The van der Waals surface area contributed by atoms with Gasteiger partial charge in [0.05, 0.1) is 0 Å². The average Bonchev–Trinajstić information content (AvgIpc) is 2.77. The first kappa shape index (κ1) is 13.9. The van der Waals surface area contributed by atoms with Crippen molar-refractivity contribution in [2.24, 2.45) is 0 Å². The highest BCUT2D eigenvalue weighted by Gasteiger charge is 2.42. The highest BCUT2D eigenvalue weighted by atomic mass is 19.4. The number of rotatable bonds is 2. The van der Waals surface area contributed by atoms with Crippen molar-refractivity contribution in [3.63, 3.8) is 0 Å². The number of hydrogen-bond donors (Lipinski definition) is 1. The Morgan fingerprint density at radius 3 is 2.29 bits per heavy atom. The molecule has 2 aromatic carbocycles. The summed E-state index contributed by atoms with van der Waals surface area (Å²) in [5.41, 5.74) is 0.288. The molecule has 5 heteroatoms. The molecule has 0 aromatic heterocycles. The monoisotopic (exact) mass is 294 g/mol. The SMILES string of the molecule is OC1(c2ccccc2OC(F)(F)F)CCc2ccccc21. The van der Waals surface area contributed by atoms with Crippen LogP contribution < -0.4 is 4.74 Å². The molecule has 1 atom stereocenters. The second-order valence-corrected chi connectivity index (χ2v) is 5.06. The van der Waals surface area contributed by atoms with E-state index in [-0.39, 0.29) is 11.3 Å². The maximum Gasteiger partial charge on any atom is 0.573 e. The molecule has 0 radical (unpaired) electrons. The van der Waals surface area contributed by atoms with Crippen LogP contribution in [0.1, 0.15) is 23.1 Å². The van der Waals surface area contributed by atoms with Gasteiger partial charge in [0.1, 0.15) is 11.4 Å². The predicted molar refractivity (Wildman–Crippen MR) is 70.9 cm³/mol. The molecule has 0 amide bonds. The number of hydrogen-bond acceptors (Lipinski definition) is 2. The number of aryl methyl sites for hydroxylation is 1. The van der Waals surface area contributed by atoms with Gasteiger partial charge in [-0.1, -0.05) is 42.5 Å². The second kappa shape index (κ2) is 4.77. The minimum atomic E-state index is -4.79. The fourth-order valence-corrected chi connectivity index (χ4v) is 2.89. The van der Waals surface area contributed by atoms with Gasteiger partial charge in [-0.25, -0.2) is 0 Å². The van der Waals surface area contributed by atoms with Crippen LogP contribution in [0.4, 0.5) is 13.2 Å². The average molecular weight is 294 g/mol. The summed E-state index contributed by atoms with van der Waals surface area (Å²) in [6, 6.07) is 13.0. The fraction of sp³-hybridized carbons (Fsp3) is 0.250. The van der Waals surface area contributed by atoms with Gasteiger partial charge in [0, 0.05) is 5.56 Å². The first-order valence-corrected chi connectivity index (χ1v) is 6.56. The minimum absolute atomic E-state index is 0.146. The maximum atomic E-state index is 12.5. The summed E-state index contributed by atoms with van der Waals surface area (Å²) in [5, 5.41) is 10.9. The Labute approximate surface area is 119 Å². The zero-order chi connectivity index (χ0) is 15.1. The molecule has 2 nitrogen and oxygen atoms in total. The number of para-hydroxylation sites is 1. The molecule has 1 aliphatic rings. The molecule has 1 aliphatic carbocycles. The summed E-state index contributed by atoms with van der Waals surface area (Å²) >= 11 is 0. The third kappa shape index (κ3) is 2.49. The summed E-state index contributed by atoms with van der Waals surface area (Å²) in [6.07, 6.45) is -3.83. The molecule has 0 aliphatic heterocycles. The smallest absolute Gasteiger partial charge is 0.405 e. The Bertz CT molecular complexity index is 667. The first-order valence-electron chi connectivity index (χ1n) is 6.56. The van der Waals surface area contributed by atoms with Gasteiger partial charge in [-0.15, -0.1) is 13.2 Å². The van der Waals surface area contributed by atoms with Crippen LogP contribution in [-0.2, 0) is 12.0 Å². The second-order valence-electron chi connectivity index (χ2n) is 5.06. The topological polar surface area (TPSA) is 29.5 Å². The zero-order valence-electron chi connectivity index (χ0n) is 11.0. The Balaban J connectivity index is 2.09. The molecule has 0 saturated carbocycles. The quantitative estimate of drug-likeness (QED) is 0.913. The van der Waals surface area contributed by atoms with Crippen LogP contribution in [0.15, 0.2) is 48.5 Å². The van der Waals surface area contributed by atoms with Gasteiger partial charge in [-0.05, 0) is 30.0 Å². The van der Waals surface area contributed by atoms with Crippen molar-refractivity contribution in [2.75, 3.05) is 0 Å². The third-order valence-corrected chi connectivity index (χ3v) is 3.78. The lowest BCUT2D eigenvalue weighted by Crippen LogP contribution is -2.27. The lowest BCUT2D eigenvalue weighted by molar-refractivity contribution is -0.275. The Kier molecular flexibility index (Phi) is 3.17. The highest BCUT2D eigenvalue weighted by molar-refractivity contribution is 5.50. The maximum absolute atomic E-state index is 12.5. The van der Waals surface area contributed by atoms with Crippen molar-refractivity contribution in [3.05, 3.63) is 65.2 Å². The van der Waals surface area contributed by atoms with E-state index in [0.29, 0.717) is 18.4 Å². The lowest BCUT2D eigenvalue weighted by atomic mass is 9.87. The van der Waals surface area contributed by atoms with E-state index in [1.54, 1.807) is 18.2 Å². The minimum Gasteiger partial charge on any atom is -0.405 e. The summed E-state index contributed by atoms with van der Waals surface area (Å²) in [6.45, 7) is 0. The van der Waals surface area contributed by atoms with E-state index in [1.165, 1.54) is 18.2 Å². The zero-order valence-corrected chi connectivity index (χ0v) is 11.0. The van der Waals surface area contributed by atoms with Crippen molar-refractivity contribution in [2.45, 2.75) is 24.8 Å². The van der Waals surface area contributed by atoms with E-state index in [9.17, 15) is 18.3 Å². The summed E-state index contributed by atoms with van der Waals surface area (Å²) < 4.78 is 41.6. The first-order chi connectivity index (χ1) is 9.90. The fourth-order valence-electron chi connectivity index (χ4n) is 2.89. The van der Waals surface area contributed by atoms with Crippen LogP contribution in [0.25, 0.3) is 0 Å². The van der Waals surface area contributed by atoms with Crippen molar-refractivity contribution in [1.82, 2.24) is 0 Å². The molecule has 0 bridgehead atoms. The lowest BCUT2D eigenvalue weighted by Gasteiger charge is -2.27. The van der Waals surface area contributed by atoms with Crippen LogP contribution in [0.5, 0.6) is 5.75 Å². The molecule has 1 N–H and O–H groups in total. The molecular weight excluding hydrogens is 281 g/mol. The van der Waals surface area contributed by atoms with Crippen LogP contribution >= 0.6 is 0 Å². The number of alkyl halides is 3. The Hall–Kier alpha value is -2.01. The van der Waals surface area contributed by atoms with Gasteiger partial charge in [0.15, 0.2) is 0 Å². The summed E-state index contributed by atoms with van der Waals surface area (Å²) in [7, 11) is 0. The van der Waals surface area contributed by atoms with Crippen molar-refractivity contribution in [1.29, 1.82) is 0 Å².